The molecule has 0 bridgehead atoms. The minimum Gasteiger partial charge on any atom is -0.490 e. The average molecular weight is 248 g/mol. The number of hydrogen-bond acceptors (Lipinski definition) is 5. The molecule has 0 amide bonds. The standard InChI is InChI=1S/C13H12O5/c1-4-7-17-11-6-5-10(8-14)12(13(11)16-3)18-9(2)15/h1,5-6,8H,7H2,2-3H3. The molecule has 0 atom stereocenters. The Balaban J connectivity index is 3.27. The van der Waals surface area contributed by atoms with Crippen LogP contribution in [-0.4, -0.2) is 26.0 Å². The van der Waals surface area contributed by atoms with E-state index in [4.69, 9.17) is 20.6 Å². The average Bonchev–Trinajstić information content (AvgIpc) is 2.35. The Morgan fingerprint density at radius 1 is 1.44 bits per heavy atom. The van der Waals surface area contributed by atoms with Crippen LogP contribution in [0.4, 0.5) is 0 Å². The lowest BCUT2D eigenvalue weighted by atomic mass is 10.2. The van der Waals surface area contributed by atoms with Crippen LogP contribution in [0.3, 0.4) is 0 Å². The molecule has 1 aromatic rings. The summed E-state index contributed by atoms with van der Waals surface area (Å²) >= 11 is 0. The summed E-state index contributed by atoms with van der Waals surface area (Å²) in [5.41, 5.74) is 0.190. The number of hydrogen-bond donors (Lipinski definition) is 0. The maximum Gasteiger partial charge on any atom is 0.308 e. The molecule has 0 unspecified atom stereocenters. The third-order valence-electron chi connectivity index (χ3n) is 1.99. The molecule has 1 aromatic carbocycles. The Morgan fingerprint density at radius 3 is 2.67 bits per heavy atom. The second-order valence-electron chi connectivity index (χ2n) is 3.22. The molecule has 1 rings (SSSR count). The van der Waals surface area contributed by atoms with Crippen molar-refractivity contribution in [2.75, 3.05) is 13.7 Å². The van der Waals surface area contributed by atoms with Gasteiger partial charge in [-0.1, -0.05) is 5.92 Å². The van der Waals surface area contributed by atoms with Gasteiger partial charge in [0, 0.05) is 6.92 Å². The summed E-state index contributed by atoms with van der Waals surface area (Å²) in [7, 11) is 1.37. The summed E-state index contributed by atoms with van der Waals surface area (Å²) in [6.07, 6.45) is 5.65. The number of rotatable bonds is 5. The molecular formula is C13H12O5. The highest BCUT2D eigenvalue weighted by molar-refractivity contribution is 5.85. The maximum absolute atomic E-state index is 11.0. The van der Waals surface area contributed by atoms with Crippen LogP contribution in [0.15, 0.2) is 12.1 Å². The molecule has 0 heterocycles. The molecule has 0 saturated heterocycles. The largest absolute Gasteiger partial charge is 0.490 e. The summed E-state index contributed by atoms with van der Waals surface area (Å²) in [5.74, 6) is 2.22. The van der Waals surface area contributed by atoms with E-state index in [0.717, 1.165) is 0 Å². The molecule has 0 N–H and O–H groups in total. The van der Waals surface area contributed by atoms with Crippen molar-refractivity contribution in [3.05, 3.63) is 17.7 Å². The highest BCUT2D eigenvalue weighted by Crippen LogP contribution is 2.39. The zero-order valence-corrected chi connectivity index (χ0v) is 10.1. The van der Waals surface area contributed by atoms with E-state index in [1.807, 2.05) is 0 Å². The van der Waals surface area contributed by atoms with Crippen LogP contribution in [0.1, 0.15) is 17.3 Å². The van der Waals surface area contributed by atoms with Gasteiger partial charge < -0.3 is 14.2 Å². The summed E-state index contributed by atoms with van der Waals surface area (Å²) < 4.78 is 15.3. The Kier molecular flexibility index (Phi) is 4.76. The highest BCUT2D eigenvalue weighted by Gasteiger charge is 2.18. The second-order valence-corrected chi connectivity index (χ2v) is 3.22. The van der Waals surface area contributed by atoms with E-state index >= 15 is 0 Å². The molecule has 5 heteroatoms. The van der Waals surface area contributed by atoms with Crippen LogP contribution in [-0.2, 0) is 4.79 Å². The number of ether oxygens (including phenoxy) is 3. The normalized spacial score (nSPS) is 9.17. The molecular weight excluding hydrogens is 236 g/mol. The van der Waals surface area contributed by atoms with Crippen LogP contribution in [0.2, 0.25) is 0 Å². The Bertz CT molecular complexity index is 499. The fraction of sp³-hybridized carbons (Fsp3) is 0.231. The first-order valence-electron chi connectivity index (χ1n) is 5.04. The zero-order valence-electron chi connectivity index (χ0n) is 10.1. The van der Waals surface area contributed by atoms with Crippen molar-refractivity contribution in [2.24, 2.45) is 0 Å². The molecule has 0 aliphatic carbocycles. The molecule has 5 nitrogen and oxygen atoms in total. The van der Waals surface area contributed by atoms with Crippen LogP contribution in [0, 0.1) is 12.3 Å². The Labute approximate surface area is 105 Å². The Morgan fingerprint density at radius 2 is 2.17 bits per heavy atom. The molecule has 0 aliphatic heterocycles. The van der Waals surface area contributed by atoms with Crippen LogP contribution < -0.4 is 14.2 Å². The molecule has 0 aromatic heterocycles. The second kappa shape index (κ2) is 6.30. The van der Waals surface area contributed by atoms with Gasteiger partial charge in [-0.15, -0.1) is 6.42 Å². The minimum atomic E-state index is -0.564. The smallest absolute Gasteiger partial charge is 0.308 e. The first-order valence-corrected chi connectivity index (χ1v) is 5.04. The van der Waals surface area contributed by atoms with Gasteiger partial charge in [-0.2, -0.15) is 0 Å². The lowest BCUT2D eigenvalue weighted by molar-refractivity contribution is -0.132. The number of carbonyl (C=O) groups excluding carboxylic acids is 2. The quantitative estimate of drug-likeness (QED) is 0.341. The number of carbonyl (C=O) groups is 2. The number of terminal acetylenes is 1. The van der Waals surface area contributed by atoms with Crippen molar-refractivity contribution >= 4 is 12.3 Å². The molecule has 0 radical (unpaired) electrons. The SMILES string of the molecule is C#CCOc1ccc(C=O)c(OC(C)=O)c1OC. The van der Waals surface area contributed by atoms with Crippen LogP contribution >= 0.6 is 0 Å². The van der Waals surface area contributed by atoms with Gasteiger partial charge in [0.25, 0.3) is 0 Å². The van der Waals surface area contributed by atoms with Crippen molar-refractivity contribution < 1.29 is 23.8 Å². The van der Waals surface area contributed by atoms with Crippen molar-refractivity contribution in [3.63, 3.8) is 0 Å². The summed E-state index contributed by atoms with van der Waals surface area (Å²) in [5, 5.41) is 0. The maximum atomic E-state index is 11.0. The number of esters is 1. The van der Waals surface area contributed by atoms with E-state index in [1.54, 1.807) is 0 Å². The molecule has 18 heavy (non-hydrogen) atoms. The highest BCUT2D eigenvalue weighted by atomic mass is 16.6. The molecule has 0 aliphatic rings. The van der Waals surface area contributed by atoms with Gasteiger partial charge in [0.05, 0.1) is 12.7 Å². The molecule has 0 spiro atoms. The number of aldehydes is 1. The van der Waals surface area contributed by atoms with Gasteiger partial charge >= 0.3 is 5.97 Å². The predicted octanol–water partition coefficient (Wildman–Crippen LogP) is 1.44. The number of methoxy groups -OCH3 is 1. The number of benzene rings is 1. The van der Waals surface area contributed by atoms with Crippen LogP contribution in [0.5, 0.6) is 17.2 Å². The third kappa shape index (κ3) is 3.01. The van der Waals surface area contributed by atoms with Crippen molar-refractivity contribution in [2.45, 2.75) is 6.92 Å². The van der Waals surface area contributed by atoms with Crippen molar-refractivity contribution in [1.29, 1.82) is 0 Å². The van der Waals surface area contributed by atoms with Crippen molar-refractivity contribution in [3.8, 4) is 29.6 Å². The van der Waals surface area contributed by atoms with Gasteiger partial charge in [-0.3, -0.25) is 9.59 Å². The predicted molar refractivity (Wildman–Crippen MR) is 64.0 cm³/mol. The fourth-order valence-electron chi connectivity index (χ4n) is 1.33. The van der Waals surface area contributed by atoms with Gasteiger partial charge in [0.15, 0.2) is 17.8 Å². The lowest BCUT2D eigenvalue weighted by Gasteiger charge is -2.14. The first-order chi connectivity index (χ1) is 8.63. The summed E-state index contributed by atoms with van der Waals surface area (Å²) in [4.78, 5) is 21.9. The van der Waals surface area contributed by atoms with E-state index in [1.165, 1.54) is 26.2 Å². The van der Waals surface area contributed by atoms with Gasteiger partial charge in [-0.05, 0) is 12.1 Å². The lowest BCUT2D eigenvalue weighted by Crippen LogP contribution is -2.07. The van der Waals surface area contributed by atoms with Gasteiger partial charge in [0.1, 0.15) is 6.61 Å². The van der Waals surface area contributed by atoms with Crippen molar-refractivity contribution in [1.82, 2.24) is 0 Å². The summed E-state index contributed by atoms with van der Waals surface area (Å²) in [6, 6.07) is 2.98. The Hall–Kier alpha value is -2.48. The molecule has 0 saturated carbocycles. The fourth-order valence-corrected chi connectivity index (χ4v) is 1.33. The van der Waals surface area contributed by atoms with Crippen LogP contribution in [0.25, 0.3) is 0 Å². The third-order valence-corrected chi connectivity index (χ3v) is 1.99. The van der Waals surface area contributed by atoms with E-state index in [0.29, 0.717) is 12.0 Å². The zero-order chi connectivity index (χ0) is 13.5. The molecule has 0 fully saturated rings. The minimum absolute atomic E-state index is 0.0227. The van der Waals surface area contributed by atoms with E-state index in [-0.39, 0.29) is 23.7 Å². The first kappa shape index (κ1) is 13.6. The van der Waals surface area contributed by atoms with Gasteiger partial charge in [-0.25, -0.2) is 0 Å². The van der Waals surface area contributed by atoms with E-state index in [2.05, 4.69) is 5.92 Å². The monoisotopic (exact) mass is 248 g/mol. The molecule has 94 valence electrons. The van der Waals surface area contributed by atoms with Gasteiger partial charge in [0.2, 0.25) is 5.75 Å². The van der Waals surface area contributed by atoms with E-state index in [9.17, 15) is 9.59 Å². The topological polar surface area (TPSA) is 61.8 Å². The summed E-state index contributed by atoms with van der Waals surface area (Å²) in [6.45, 7) is 1.26. The van der Waals surface area contributed by atoms with E-state index < -0.39 is 5.97 Å².